The van der Waals surface area contributed by atoms with Gasteiger partial charge < -0.3 is 28.8 Å². The van der Waals surface area contributed by atoms with Gasteiger partial charge in [0.05, 0.1) is 39.9 Å². The van der Waals surface area contributed by atoms with Crippen molar-refractivity contribution < 1.29 is 32.9 Å². The first-order valence-electron chi connectivity index (χ1n) is 29.4. The predicted octanol–water partition coefficient (Wildman–Crippen LogP) is 17.4. The van der Waals surface area contributed by atoms with E-state index in [2.05, 4.69) is 92.1 Å². The number of hydrogen-bond donors (Lipinski definition) is 2. The molecule has 0 saturated carbocycles. The number of nitrogens with one attached hydrogen (secondary N) is 1. The summed E-state index contributed by atoms with van der Waals surface area (Å²) in [5.74, 6) is -0.208. The summed E-state index contributed by atoms with van der Waals surface area (Å²) < 4.78 is 23.2. The van der Waals surface area contributed by atoms with Gasteiger partial charge >= 0.3 is 0 Å². The number of carbonyl (C=O) groups excluding carboxylic acids is 1. The number of phosphoric ester groups is 1. The van der Waals surface area contributed by atoms with Crippen molar-refractivity contribution >= 4 is 13.7 Å². The molecule has 0 saturated heterocycles. The standard InChI is InChI=1S/C62H113N2O6P/c1-6-8-10-12-14-16-18-19-20-21-22-23-24-25-26-27-28-29-30-31-32-33-34-35-36-37-38-39-40-41-42-43-44-45-46-48-50-52-54-56-62(66)63-60(59-70-71(67,68)69-58-57-64(3,4)5)61(65)55-53-51-49-47-17-15-13-11-9-7-2/h8,10,14,16-17,19-20,22-23,25-26,47,53,55,60-61,65H,6-7,9,11-13,15,18,21,24,27-46,48-52,54,56-59H2,1-5H3,(H-,63,66,67,68)/b10-8-,16-14-,20-19-,23-22-,26-25-,47-17+,55-53+. The Morgan fingerprint density at radius 1 is 0.507 bits per heavy atom. The molecule has 0 aromatic heterocycles. The minimum atomic E-state index is -4.60. The maximum absolute atomic E-state index is 12.9. The summed E-state index contributed by atoms with van der Waals surface area (Å²) in [5.41, 5.74) is 0. The van der Waals surface area contributed by atoms with Crippen molar-refractivity contribution in [2.24, 2.45) is 0 Å². The highest BCUT2D eigenvalue weighted by molar-refractivity contribution is 7.45. The summed E-state index contributed by atoms with van der Waals surface area (Å²) in [6.45, 7) is 4.48. The van der Waals surface area contributed by atoms with Crippen LogP contribution in [0.2, 0.25) is 0 Å². The summed E-state index contributed by atoms with van der Waals surface area (Å²) in [4.78, 5) is 25.4. The van der Waals surface area contributed by atoms with Crippen LogP contribution in [0.25, 0.3) is 0 Å². The Labute approximate surface area is 439 Å². The van der Waals surface area contributed by atoms with Gasteiger partial charge in [-0.05, 0) is 77.0 Å². The molecule has 412 valence electrons. The lowest BCUT2D eigenvalue weighted by Crippen LogP contribution is -2.45. The zero-order valence-corrected chi connectivity index (χ0v) is 47.8. The number of phosphoric acid groups is 1. The molecule has 0 aromatic rings. The lowest BCUT2D eigenvalue weighted by Gasteiger charge is -2.29. The van der Waals surface area contributed by atoms with Gasteiger partial charge in [-0.3, -0.25) is 9.36 Å². The van der Waals surface area contributed by atoms with Crippen LogP contribution >= 0.6 is 7.82 Å². The van der Waals surface area contributed by atoms with Crippen LogP contribution in [0, 0.1) is 0 Å². The van der Waals surface area contributed by atoms with Gasteiger partial charge in [0.15, 0.2) is 0 Å². The molecule has 9 heteroatoms. The molecule has 0 rings (SSSR count). The third-order valence-electron chi connectivity index (χ3n) is 12.8. The van der Waals surface area contributed by atoms with Gasteiger partial charge in [0.25, 0.3) is 7.82 Å². The first-order valence-corrected chi connectivity index (χ1v) is 30.9. The van der Waals surface area contributed by atoms with Crippen molar-refractivity contribution in [1.82, 2.24) is 5.32 Å². The Hall–Kier alpha value is -2.32. The average molecular weight is 1010 g/mol. The topological polar surface area (TPSA) is 108 Å². The van der Waals surface area contributed by atoms with Crippen LogP contribution in [0.1, 0.15) is 251 Å². The van der Waals surface area contributed by atoms with E-state index in [1.54, 1.807) is 6.08 Å². The van der Waals surface area contributed by atoms with Gasteiger partial charge in [0.1, 0.15) is 13.2 Å². The molecule has 8 nitrogen and oxygen atoms in total. The van der Waals surface area contributed by atoms with Crippen LogP contribution in [-0.2, 0) is 18.4 Å². The third-order valence-corrected chi connectivity index (χ3v) is 13.8. The van der Waals surface area contributed by atoms with E-state index in [1.807, 2.05) is 27.2 Å². The minimum Gasteiger partial charge on any atom is -0.756 e. The molecule has 0 heterocycles. The number of nitrogens with zero attached hydrogens (tertiary/aromatic N) is 1. The van der Waals surface area contributed by atoms with E-state index in [-0.39, 0.29) is 12.5 Å². The van der Waals surface area contributed by atoms with Crippen molar-refractivity contribution in [3.8, 4) is 0 Å². The van der Waals surface area contributed by atoms with E-state index in [0.29, 0.717) is 17.4 Å². The number of carbonyl (C=O) groups is 1. The molecule has 0 aliphatic carbocycles. The zero-order valence-electron chi connectivity index (χ0n) is 46.9. The fraction of sp³-hybridized carbons (Fsp3) is 0.758. The highest BCUT2D eigenvalue weighted by Gasteiger charge is 2.23. The summed E-state index contributed by atoms with van der Waals surface area (Å²) in [6, 6.07) is -0.902. The molecule has 0 radical (unpaired) electrons. The van der Waals surface area contributed by atoms with Crippen molar-refractivity contribution in [2.75, 3.05) is 40.9 Å². The van der Waals surface area contributed by atoms with Gasteiger partial charge in [-0.25, -0.2) is 0 Å². The van der Waals surface area contributed by atoms with Crippen LogP contribution < -0.4 is 10.2 Å². The summed E-state index contributed by atoms with van der Waals surface area (Å²) >= 11 is 0. The van der Waals surface area contributed by atoms with E-state index in [4.69, 9.17) is 9.05 Å². The van der Waals surface area contributed by atoms with Gasteiger partial charge in [-0.15, -0.1) is 0 Å². The van der Waals surface area contributed by atoms with Crippen LogP contribution in [0.3, 0.4) is 0 Å². The summed E-state index contributed by atoms with van der Waals surface area (Å²) in [7, 11) is 1.24. The predicted molar refractivity (Wildman–Crippen MR) is 307 cm³/mol. The van der Waals surface area contributed by atoms with E-state index in [0.717, 1.165) is 70.6 Å². The molecule has 0 aliphatic heterocycles. The lowest BCUT2D eigenvalue weighted by molar-refractivity contribution is -0.870. The smallest absolute Gasteiger partial charge is 0.268 e. The Bertz CT molecular complexity index is 1430. The molecule has 0 spiro atoms. The monoisotopic (exact) mass is 1010 g/mol. The number of aliphatic hydroxyl groups is 1. The normalized spacial score (nSPS) is 14.5. The maximum atomic E-state index is 12.9. The van der Waals surface area contributed by atoms with Crippen molar-refractivity contribution in [2.45, 2.75) is 264 Å². The molecule has 0 aliphatic rings. The van der Waals surface area contributed by atoms with Crippen molar-refractivity contribution in [3.05, 3.63) is 85.1 Å². The molecule has 0 bridgehead atoms. The number of likely N-dealkylation sites (N-methyl/N-ethyl adjacent to an activating group) is 1. The number of rotatable bonds is 53. The number of aliphatic hydroxyl groups excluding tert-OH is 1. The second kappa shape index (κ2) is 52.5. The molecule has 0 fully saturated rings. The second-order valence-corrected chi connectivity index (χ2v) is 22.4. The van der Waals surface area contributed by atoms with Gasteiger partial charge in [-0.1, -0.05) is 253 Å². The van der Waals surface area contributed by atoms with E-state index < -0.39 is 26.6 Å². The van der Waals surface area contributed by atoms with Gasteiger partial charge in [-0.2, -0.15) is 0 Å². The van der Waals surface area contributed by atoms with Crippen LogP contribution in [0.5, 0.6) is 0 Å². The SMILES string of the molecule is CC/C=C\C/C=C\C/C=C\C/C=C\C/C=C\CCCCCCCCCCCCCCCCCCCCCCCCCC(=O)NC(COP(=O)([O-])OCC[N+](C)(C)C)C(O)/C=C/CC/C=C/CCCCCC. The second-order valence-electron chi connectivity index (χ2n) is 21.0. The average Bonchev–Trinajstić information content (AvgIpc) is 3.33. The quantitative estimate of drug-likeness (QED) is 0.0272. The molecular formula is C62H113N2O6P. The number of allylic oxidation sites excluding steroid dienone is 13. The zero-order chi connectivity index (χ0) is 52.0. The summed E-state index contributed by atoms with van der Waals surface area (Å²) in [5, 5.41) is 13.8. The van der Waals surface area contributed by atoms with Crippen LogP contribution in [0.4, 0.5) is 0 Å². The first kappa shape index (κ1) is 68.7. The van der Waals surface area contributed by atoms with Gasteiger partial charge in [0, 0.05) is 6.42 Å². The largest absolute Gasteiger partial charge is 0.756 e. The Balaban J connectivity index is 3.87. The van der Waals surface area contributed by atoms with Crippen LogP contribution in [-0.4, -0.2) is 68.5 Å². The van der Waals surface area contributed by atoms with E-state index in [1.165, 1.54) is 161 Å². The van der Waals surface area contributed by atoms with Crippen molar-refractivity contribution in [1.29, 1.82) is 0 Å². The summed E-state index contributed by atoms with van der Waals surface area (Å²) in [6.07, 6.45) is 74.2. The molecule has 3 atom stereocenters. The van der Waals surface area contributed by atoms with E-state index in [9.17, 15) is 19.4 Å². The fourth-order valence-electron chi connectivity index (χ4n) is 8.26. The molecule has 0 aromatic carbocycles. The highest BCUT2D eigenvalue weighted by Crippen LogP contribution is 2.38. The van der Waals surface area contributed by atoms with Crippen molar-refractivity contribution in [3.63, 3.8) is 0 Å². The molecule has 1 amide bonds. The maximum Gasteiger partial charge on any atom is 0.268 e. The fourth-order valence-corrected chi connectivity index (χ4v) is 8.98. The Morgan fingerprint density at radius 3 is 1.31 bits per heavy atom. The van der Waals surface area contributed by atoms with Crippen LogP contribution in [0.15, 0.2) is 85.1 Å². The first-order chi connectivity index (χ1) is 34.5. The number of hydrogen-bond acceptors (Lipinski definition) is 6. The molecule has 71 heavy (non-hydrogen) atoms. The molecule has 3 unspecified atom stereocenters. The number of amides is 1. The lowest BCUT2D eigenvalue weighted by atomic mass is 10.0. The van der Waals surface area contributed by atoms with Gasteiger partial charge in [0.2, 0.25) is 5.91 Å². The minimum absolute atomic E-state index is 0.00745. The molecule has 2 N–H and O–H groups in total. The highest BCUT2D eigenvalue weighted by atomic mass is 31.2. The third kappa shape index (κ3) is 55.3. The molecular weight excluding hydrogens is 900 g/mol. The Morgan fingerprint density at radius 2 is 0.873 bits per heavy atom. The number of unbranched alkanes of at least 4 members (excludes halogenated alkanes) is 28. The van der Waals surface area contributed by atoms with E-state index >= 15 is 0 Å². The number of quaternary nitrogens is 1. The Kier molecular flexibility index (Phi) is 50.8.